The van der Waals surface area contributed by atoms with Crippen molar-refractivity contribution in [1.82, 2.24) is 0 Å². The molecule has 0 heterocycles. The van der Waals surface area contributed by atoms with Crippen LogP contribution in [0.3, 0.4) is 0 Å². The molecule has 9 heteroatoms. The van der Waals surface area contributed by atoms with Gasteiger partial charge in [0.15, 0.2) is 25.0 Å². The van der Waals surface area contributed by atoms with Gasteiger partial charge in [-0.2, -0.15) is 0 Å². The van der Waals surface area contributed by atoms with Gasteiger partial charge < -0.3 is 16.5 Å². The Balaban J connectivity index is -0.000000333. The highest BCUT2D eigenvalue weighted by Crippen LogP contribution is 2.27. The lowest BCUT2D eigenvalue weighted by Gasteiger charge is -2.42. The molecule has 160 valence electrons. The van der Waals surface area contributed by atoms with Gasteiger partial charge in [0.25, 0.3) is 0 Å². The van der Waals surface area contributed by atoms with Crippen molar-refractivity contribution in [1.29, 1.82) is 0 Å². The first-order chi connectivity index (χ1) is 8.83. The highest BCUT2D eigenvalue weighted by molar-refractivity contribution is 6.90. The summed E-state index contributed by atoms with van der Waals surface area (Å²) in [6.07, 6.45) is 0. The molecule has 0 amide bonds. The van der Waals surface area contributed by atoms with E-state index in [0.717, 1.165) is 0 Å². The SMILES string of the molecule is C.C.C.C.C[Si](C)(C)O[Si](C)(C)O[Si](C)(O[Si](C)(C)C)O[Si](C)(C)C. The Morgan fingerprint density at radius 2 is 0.600 bits per heavy atom. The first kappa shape index (κ1) is 36.8. The maximum Gasteiger partial charge on any atom is 0.467 e. The average molecular weight is 449 g/mol. The normalized spacial score (nSPS) is 13.0. The van der Waals surface area contributed by atoms with E-state index in [2.05, 4.69) is 72.0 Å². The van der Waals surface area contributed by atoms with E-state index < -0.39 is 42.3 Å². The molecule has 0 N–H and O–H groups in total. The van der Waals surface area contributed by atoms with Crippen molar-refractivity contribution in [3.63, 3.8) is 0 Å². The smallest absolute Gasteiger partial charge is 0.437 e. The van der Waals surface area contributed by atoms with Gasteiger partial charge in [-0.15, -0.1) is 0 Å². The van der Waals surface area contributed by atoms with E-state index in [1.165, 1.54) is 0 Å². The summed E-state index contributed by atoms with van der Waals surface area (Å²) in [5, 5.41) is 0. The molecule has 0 spiro atoms. The van der Waals surface area contributed by atoms with E-state index >= 15 is 0 Å². The molecule has 0 aromatic rings. The molecule has 0 atom stereocenters. The van der Waals surface area contributed by atoms with Gasteiger partial charge >= 0.3 is 17.4 Å². The highest BCUT2D eigenvalue weighted by Gasteiger charge is 2.48. The van der Waals surface area contributed by atoms with Gasteiger partial charge in [-0.3, -0.25) is 0 Å². The fourth-order valence-electron chi connectivity index (χ4n) is 2.38. The third kappa shape index (κ3) is 21.1. The zero-order valence-corrected chi connectivity index (χ0v) is 21.1. The minimum absolute atomic E-state index is 0. The summed E-state index contributed by atoms with van der Waals surface area (Å²) in [7, 11) is -10.0. The summed E-state index contributed by atoms with van der Waals surface area (Å²) in [5.41, 5.74) is 0. The van der Waals surface area contributed by atoms with Crippen molar-refractivity contribution in [3.8, 4) is 0 Å². The molecule has 4 nitrogen and oxygen atoms in total. The molecule has 0 saturated heterocycles. The lowest BCUT2D eigenvalue weighted by Crippen LogP contribution is -2.61. The molecule has 0 unspecified atom stereocenters. The standard InChI is InChI=1S/C12H36O4Si5.4CH4/c1-17(2,3)13-20(10,11)16-21(12,14-18(4,5)6)15-19(7,8)9;;;;/h1-12H3;4*1H4. The Morgan fingerprint density at radius 1 is 0.360 bits per heavy atom. The third-order valence-electron chi connectivity index (χ3n) is 1.97. The van der Waals surface area contributed by atoms with Crippen LogP contribution in [0.4, 0.5) is 0 Å². The van der Waals surface area contributed by atoms with Crippen molar-refractivity contribution in [2.75, 3.05) is 0 Å². The van der Waals surface area contributed by atoms with Crippen LogP contribution < -0.4 is 0 Å². The van der Waals surface area contributed by atoms with E-state index in [-0.39, 0.29) is 29.7 Å². The second kappa shape index (κ2) is 11.7. The Labute approximate surface area is 167 Å². The summed E-state index contributed by atoms with van der Waals surface area (Å²) in [4.78, 5) is 0. The number of rotatable bonds is 8. The molecule has 0 aliphatic heterocycles. The van der Waals surface area contributed by atoms with Gasteiger partial charge in [0.2, 0.25) is 0 Å². The summed E-state index contributed by atoms with van der Waals surface area (Å²) >= 11 is 0. The van der Waals surface area contributed by atoms with Gasteiger partial charge in [-0.05, 0) is 72.0 Å². The van der Waals surface area contributed by atoms with E-state index in [1.54, 1.807) is 0 Å². The molecule has 0 bridgehead atoms. The summed E-state index contributed by atoms with van der Waals surface area (Å²) in [5.74, 6) is 0. The van der Waals surface area contributed by atoms with E-state index in [0.29, 0.717) is 0 Å². The van der Waals surface area contributed by atoms with Crippen molar-refractivity contribution in [2.24, 2.45) is 0 Å². The molecule has 0 aromatic carbocycles. The maximum absolute atomic E-state index is 6.47. The van der Waals surface area contributed by atoms with Gasteiger partial charge in [-0.25, -0.2) is 0 Å². The fourth-order valence-corrected chi connectivity index (χ4v) is 22.9. The lowest BCUT2D eigenvalue weighted by atomic mass is 11.8. The summed E-state index contributed by atoms with van der Waals surface area (Å²) in [6, 6.07) is 0. The van der Waals surface area contributed by atoms with E-state index in [1.807, 2.05) is 6.55 Å². The predicted molar refractivity (Wildman–Crippen MR) is 130 cm³/mol. The molecular weight excluding hydrogens is 397 g/mol. The predicted octanol–water partition coefficient (Wildman–Crippen LogP) is 7.37. The Bertz CT molecular complexity index is 328. The van der Waals surface area contributed by atoms with Gasteiger partial charge in [-0.1, -0.05) is 29.7 Å². The topological polar surface area (TPSA) is 36.9 Å². The van der Waals surface area contributed by atoms with Crippen molar-refractivity contribution in [3.05, 3.63) is 0 Å². The molecule has 0 rings (SSSR count). The molecule has 0 aromatic heterocycles. The maximum atomic E-state index is 6.47. The lowest BCUT2D eigenvalue weighted by molar-refractivity contribution is 0.236. The zero-order chi connectivity index (χ0) is 17.3. The molecule has 0 radical (unpaired) electrons. The largest absolute Gasteiger partial charge is 0.467 e. The van der Waals surface area contributed by atoms with Crippen LogP contribution in [0.25, 0.3) is 0 Å². The van der Waals surface area contributed by atoms with Crippen LogP contribution in [-0.4, -0.2) is 42.3 Å². The Morgan fingerprint density at radius 3 is 0.800 bits per heavy atom. The van der Waals surface area contributed by atoms with Crippen molar-refractivity contribution in [2.45, 2.75) is 108 Å². The van der Waals surface area contributed by atoms with Gasteiger partial charge in [0.1, 0.15) is 0 Å². The van der Waals surface area contributed by atoms with Crippen LogP contribution in [0.5, 0.6) is 0 Å². The molecular formula is C16H52O4Si5. The zero-order valence-electron chi connectivity index (χ0n) is 16.1. The minimum Gasteiger partial charge on any atom is -0.437 e. The van der Waals surface area contributed by atoms with Crippen LogP contribution in [0, 0.1) is 0 Å². The van der Waals surface area contributed by atoms with Gasteiger partial charge in [0.05, 0.1) is 0 Å². The third-order valence-corrected chi connectivity index (χ3v) is 17.7. The monoisotopic (exact) mass is 448 g/mol. The first-order valence-electron chi connectivity index (χ1n) is 7.63. The van der Waals surface area contributed by atoms with E-state index in [9.17, 15) is 0 Å². The van der Waals surface area contributed by atoms with Crippen LogP contribution >= 0.6 is 0 Å². The quantitative estimate of drug-likeness (QED) is 0.363. The van der Waals surface area contributed by atoms with Gasteiger partial charge in [0, 0.05) is 6.55 Å². The van der Waals surface area contributed by atoms with Crippen LogP contribution in [0.15, 0.2) is 0 Å². The van der Waals surface area contributed by atoms with Crippen molar-refractivity contribution < 1.29 is 16.5 Å². The van der Waals surface area contributed by atoms with Crippen LogP contribution in [0.2, 0.25) is 78.6 Å². The van der Waals surface area contributed by atoms with Crippen molar-refractivity contribution >= 4 is 42.3 Å². The number of hydrogen-bond acceptors (Lipinski definition) is 4. The minimum atomic E-state index is -2.67. The number of hydrogen-bond donors (Lipinski definition) is 0. The Kier molecular flexibility index (Phi) is 17.2. The molecule has 25 heavy (non-hydrogen) atoms. The fraction of sp³-hybridized carbons (Fsp3) is 1.00. The highest BCUT2D eigenvalue weighted by atomic mass is 28.5. The Hall–Kier alpha value is 0.924. The molecule has 0 aliphatic rings. The molecule has 0 saturated carbocycles. The molecule has 0 aliphatic carbocycles. The van der Waals surface area contributed by atoms with E-state index in [4.69, 9.17) is 16.5 Å². The summed E-state index contributed by atoms with van der Waals surface area (Å²) in [6.45, 7) is 26.0. The van der Waals surface area contributed by atoms with Crippen LogP contribution in [-0.2, 0) is 16.5 Å². The average Bonchev–Trinajstić information content (AvgIpc) is 1.83. The second-order valence-electron chi connectivity index (χ2n) is 9.01. The molecule has 0 fully saturated rings. The summed E-state index contributed by atoms with van der Waals surface area (Å²) < 4.78 is 25.6. The second-order valence-corrected chi connectivity index (χ2v) is 29.5. The first-order valence-corrected chi connectivity index (χ1v) is 22.9. The van der Waals surface area contributed by atoms with Crippen LogP contribution in [0.1, 0.15) is 29.7 Å².